The molecule has 3 atom stereocenters. The SMILES string of the molecule is CC(SC1CCCCC1)C(=O)[O-].CC(SC1CCCCC1)C(=O)[O-].CC(SC1CCCCC1)C(=O)[O-].[CH3][Sn+3]. The van der Waals surface area contributed by atoms with E-state index in [-0.39, 0.29) is 15.7 Å². The number of carboxylic acids is 3. The molecular formula is C28H48O6S3Sn. The summed E-state index contributed by atoms with van der Waals surface area (Å²) >= 11 is 6.25. The van der Waals surface area contributed by atoms with Crippen molar-refractivity contribution in [3.05, 3.63) is 0 Å². The van der Waals surface area contributed by atoms with Crippen LogP contribution in [0.15, 0.2) is 0 Å². The Bertz CT molecular complexity index is 550. The second-order valence-corrected chi connectivity index (χ2v) is 15.0. The van der Waals surface area contributed by atoms with Crippen molar-refractivity contribution in [1.82, 2.24) is 0 Å². The summed E-state index contributed by atoms with van der Waals surface area (Å²) in [6.07, 6.45) is 18.6. The van der Waals surface area contributed by atoms with Gasteiger partial charge in [-0.1, -0.05) is 57.8 Å². The van der Waals surface area contributed by atoms with Crippen LogP contribution in [0.3, 0.4) is 0 Å². The van der Waals surface area contributed by atoms with Crippen LogP contribution in [0.2, 0.25) is 4.94 Å². The van der Waals surface area contributed by atoms with Crippen molar-refractivity contribution in [2.45, 2.75) is 154 Å². The van der Waals surface area contributed by atoms with E-state index in [1.54, 1.807) is 78.6 Å². The monoisotopic (exact) mass is 696 g/mol. The van der Waals surface area contributed by atoms with Crippen LogP contribution >= 0.6 is 35.3 Å². The third-order valence-electron chi connectivity index (χ3n) is 6.84. The summed E-state index contributed by atoms with van der Waals surface area (Å²) in [5.41, 5.74) is 0. The average molecular weight is 696 g/mol. The second kappa shape index (κ2) is 23.9. The van der Waals surface area contributed by atoms with Crippen LogP contribution in [0.5, 0.6) is 0 Å². The first-order valence-electron chi connectivity index (χ1n) is 14.2. The Morgan fingerprint density at radius 2 is 0.684 bits per heavy atom. The molecule has 10 heteroatoms. The molecule has 0 amide bonds. The minimum absolute atomic E-state index is 0.340. The molecule has 0 saturated heterocycles. The fourth-order valence-corrected chi connectivity index (χ4v) is 8.52. The van der Waals surface area contributed by atoms with E-state index in [0.29, 0.717) is 15.7 Å². The number of aliphatic carboxylic acids is 3. The van der Waals surface area contributed by atoms with Gasteiger partial charge in [-0.2, -0.15) is 0 Å². The first-order valence-corrected chi connectivity index (χ1v) is 19.9. The standard InChI is InChI=1S/3C9H16O2S.CH3.Sn/c3*1-7(9(10)11)12-8-5-3-2-4-6-8;;/h3*7-8H,2-6H2,1H3,(H,10,11);1H3;/q;;;;+3/p-3. The topological polar surface area (TPSA) is 120 Å². The number of thioether (sulfide) groups is 3. The second-order valence-electron chi connectivity index (χ2n) is 10.1. The van der Waals surface area contributed by atoms with Crippen molar-refractivity contribution in [2.75, 3.05) is 0 Å². The molecule has 0 radical (unpaired) electrons. The van der Waals surface area contributed by atoms with E-state index < -0.39 is 17.9 Å². The Hall–Kier alpha value is 0.259. The van der Waals surface area contributed by atoms with Gasteiger partial charge in [-0.3, -0.25) is 0 Å². The zero-order valence-corrected chi connectivity index (χ0v) is 29.0. The van der Waals surface area contributed by atoms with Crippen LogP contribution in [0, 0.1) is 0 Å². The number of hydrogen-bond acceptors (Lipinski definition) is 9. The summed E-state index contributed by atoms with van der Waals surface area (Å²) in [6.45, 7) is 5.15. The van der Waals surface area contributed by atoms with Crippen LogP contribution in [-0.2, 0) is 14.4 Å². The molecule has 3 fully saturated rings. The third kappa shape index (κ3) is 19.4. The van der Waals surface area contributed by atoms with E-state index in [1.807, 2.05) is 0 Å². The molecule has 0 aromatic rings. The van der Waals surface area contributed by atoms with Crippen molar-refractivity contribution in [3.8, 4) is 0 Å². The van der Waals surface area contributed by atoms with Gasteiger partial charge in [0, 0.05) is 31.5 Å². The van der Waals surface area contributed by atoms with Gasteiger partial charge in [-0.25, -0.2) is 0 Å². The maximum atomic E-state index is 10.4. The zero-order chi connectivity index (χ0) is 28.9. The summed E-state index contributed by atoms with van der Waals surface area (Å²) in [7, 11) is 0. The molecule has 3 saturated carbocycles. The average Bonchev–Trinajstić information content (AvgIpc) is 2.92. The molecule has 0 aromatic carbocycles. The molecular weight excluding hydrogens is 647 g/mol. The van der Waals surface area contributed by atoms with E-state index >= 15 is 0 Å². The van der Waals surface area contributed by atoms with Gasteiger partial charge in [-0.15, -0.1) is 35.3 Å². The Kier molecular flexibility index (Phi) is 24.1. The normalized spacial score (nSPS) is 21.1. The van der Waals surface area contributed by atoms with Gasteiger partial charge in [0.05, 0.1) is 17.9 Å². The molecule has 3 rings (SSSR count). The van der Waals surface area contributed by atoms with E-state index in [0.717, 1.165) is 0 Å². The predicted octanol–water partition coefficient (Wildman–Crippen LogP) is 3.78. The minimum atomic E-state index is -0.925. The van der Waals surface area contributed by atoms with Crippen LogP contribution in [0.4, 0.5) is 0 Å². The summed E-state index contributed by atoms with van der Waals surface area (Å²) in [4.78, 5) is 33.4. The fraction of sp³-hybridized carbons (Fsp3) is 0.893. The van der Waals surface area contributed by atoms with Gasteiger partial charge < -0.3 is 29.7 Å². The molecule has 0 spiro atoms. The van der Waals surface area contributed by atoms with Crippen molar-refractivity contribution in [3.63, 3.8) is 0 Å². The first-order chi connectivity index (χ1) is 18.1. The third-order valence-corrected chi connectivity index (χ3v) is 11.2. The molecule has 3 aliphatic rings. The van der Waals surface area contributed by atoms with Crippen molar-refractivity contribution < 1.29 is 29.7 Å². The molecule has 3 unspecified atom stereocenters. The summed E-state index contributed by atoms with van der Waals surface area (Å²) in [5, 5.41) is 32.0. The van der Waals surface area contributed by atoms with Crippen LogP contribution < -0.4 is 15.3 Å². The Balaban J connectivity index is 0.000000523. The number of carboxylic acid groups (broad SMARTS) is 3. The van der Waals surface area contributed by atoms with Gasteiger partial charge in [0.1, 0.15) is 0 Å². The number of carbonyl (C=O) groups is 3. The number of rotatable bonds is 9. The van der Waals surface area contributed by atoms with E-state index in [1.165, 1.54) is 96.3 Å². The molecule has 0 bridgehead atoms. The Labute approximate surface area is 257 Å². The molecule has 0 N–H and O–H groups in total. The molecule has 38 heavy (non-hydrogen) atoms. The van der Waals surface area contributed by atoms with E-state index in [9.17, 15) is 29.7 Å². The summed E-state index contributed by atoms with van der Waals surface area (Å²) in [5.74, 6) is -2.78. The molecule has 218 valence electrons. The van der Waals surface area contributed by atoms with Crippen molar-refractivity contribution in [2.24, 2.45) is 0 Å². The Morgan fingerprint density at radius 3 is 0.842 bits per heavy atom. The van der Waals surface area contributed by atoms with Crippen LogP contribution in [0.1, 0.15) is 117 Å². The number of hydrogen-bond donors (Lipinski definition) is 0. The van der Waals surface area contributed by atoms with Crippen molar-refractivity contribution >= 4 is 75.7 Å². The zero-order valence-electron chi connectivity index (χ0n) is 23.7. The van der Waals surface area contributed by atoms with Gasteiger partial charge in [0.15, 0.2) is 0 Å². The first kappa shape index (κ1) is 38.3. The van der Waals surface area contributed by atoms with Crippen LogP contribution in [0.25, 0.3) is 0 Å². The molecule has 0 heterocycles. The van der Waals surface area contributed by atoms with E-state index in [2.05, 4.69) is 4.94 Å². The molecule has 0 aromatic heterocycles. The van der Waals surface area contributed by atoms with Crippen LogP contribution in [-0.4, -0.2) is 71.9 Å². The van der Waals surface area contributed by atoms with Gasteiger partial charge in [-0.05, 0) is 59.3 Å². The van der Waals surface area contributed by atoms with Gasteiger partial charge in [0.25, 0.3) is 0 Å². The van der Waals surface area contributed by atoms with E-state index in [4.69, 9.17) is 0 Å². The maximum absolute atomic E-state index is 10.4. The summed E-state index contributed by atoms with van der Waals surface area (Å²) in [6, 6.07) is 0. The molecule has 6 nitrogen and oxygen atoms in total. The van der Waals surface area contributed by atoms with Crippen molar-refractivity contribution in [1.29, 1.82) is 0 Å². The van der Waals surface area contributed by atoms with Gasteiger partial charge >= 0.3 is 27.5 Å². The quantitative estimate of drug-likeness (QED) is 0.332. The fourth-order valence-electron chi connectivity index (χ4n) is 4.64. The molecule has 3 aliphatic carbocycles. The predicted molar refractivity (Wildman–Crippen MR) is 158 cm³/mol. The number of carbonyl (C=O) groups excluding carboxylic acids is 3. The summed E-state index contributed by atoms with van der Waals surface area (Å²) < 4.78 is 0. The Morgan fingerprint density at radius 1 is 0.500 bits per heavy atom. The van der Waals surface area contributed by atoms with Gasteiger partial charge in [0.2, 0.25) is 0 Å². The molecule has 0 aliphatic heterocycles.